The van der Waals surface area contributed by atoms with Crippen LogP contribution in [0.25, 0.3) is 5.69 Å². The smallest absolute Gasteiger partial charge is 0.322 e. The van der Waals surface area contributed by atoms with Crippen LogP contribution in [0.1, 0.15) is 19.0 Å². The molecule has 0 unspecified atom stereocenters. The van der Waals surface area contributed by atoms with Gasteiger partial charge in [-0.3, -0.25) is 4.79 Å². The lowest BCUT2D eigenvalue weighted by Gasteiger charge is -2.24. The number of carbonyl (C=O) groups excluding carboxylic acids is 2. The summed E-state index contributed by atoms with van der Waals surface area (Å²) in [6.45, 7) is 2.22. The Balaban J connectivity index is 1.49. The summed E-state index contributed by atoms with van der Waals surface area (Å²) in [4.78, 5) is 27.3. The number of carbonyl (C=O) groups is 2. The van der Waals surface area contributed by atoms with Gasteiger partial charge in [0.25, 0.3) is 0 Å². The van der Waals surface area contributed by atoms with Crippen LogP contribution in [0, 0.1) is 5.82 Å². The zero-order valence-corrected chi connectivity index (χ0v) is 19.6. The molecule has 2 N–H and O–H groups in total. The van der Waals surface area contributed by atoms with Gasteiger partial charge in [-0.2, -0.15) is 5.10 Å². The van der Waals surface area contributed by atoms with Crippen molar-refractivity contribution in [1.82, 2.24) is 14.7 Å². The molecule has 0 bridgehead atoms. The van der Waals surface area contributed by atoms with E-state index in [-0.39, 0.29) is 18.3 Å². The number of nitrogens with zero attached hydrogens (tertiary/aromatic N) is 3. The molecule has 2 aromatic carbocycles. The van der Waals surface area contributed by atoms with Crippen LogP contribution in [0.4, 0.5) is 20.6 Å². The van der Waals surface area contributed by atoms with Gasteiger partial charge in [0.1, 0.15) is 11.9 Å². The van der Waals surface area contributed by atoms with Crippen LogP contribution < -0.4 is 10.6 Å². The van der Waals surface area contributed by atoms with E-state index in [0.29, 0.717) is 22.8 Å². The number of benzene rings is 2. The highest BCUT2D eigenvalue weighted by molar-refractivity contribution is 6.30. The zero-order valence-electron chi connectivity index (χ0n) is 18.8. The van der Waals surface area contributed by atoms with E-state index in [9.17, 15) is 14.0 Å². The number of aromatic nitrogens is 2. The predicted octanol–water partition coefficient (Wildman–Crippen LogP) is 4.49. The number of hydrogen-bond donors (Lipinski definition) is 2. The van der Waals surface area contributed by atoms with Gasteiger partial charge < -0.3 is 20.3 Å². The molecule has 1 aliphatic heterocycles. The van der Waals surface area contributed by atoms with Crippen molar-refractivity contribution in [1.29, 1.82) is 0 Å². The SMILES string of the molecule is CCc1ccnn1-c1ccc(NC(=O)[C@H]2C[C@@H](OC)CN2C(=O)Nc2ccc(Cl)cc2)c(F)c1. The Kier molecular flexibility index (Phi) is 7.14. The molecular weight excluding hydrogens is 461 g/mol. The van der Waals surface area contributed by atoms with Gasteiger partial charge in [-0.1, -0.05) is 18.5 Å². The largest absolute Gasteiger partial charge is 0.380 e. The van der Waals surface area contributed by atoms with Crippen molar-refractivity contribution in [3.8, 4) is 5.69 Å². The number of nitrogens with one attached hydrogen (secondary N) is 2. The first-order valence-electron chi connectivity index (χ1n) is 10.9. The second-order valence-corrected chi connectivity index (χ2v) is 8.38. The minimum absolute atomic E-state index is 0.0258. The fraction of sp³-hybridized carbons (Fsp3) is 0.292. The van der Waals surface area contributed by atoms with Crippen LogP contribution in [-0.2, 0) is 16.0 Å². The summed E-state index contributed by atoms with van der Waals surface area (Å²) in [5.74, 6) is -1.09. The molecule has 3 aromatic rings. The Hall–Kier alpha value is -3.43. The van der Waals surface area contributed by atoms with Crippen LogP contribution in [0.3, 0.4) is 0 Å². The Morgan fingerprint density at radius 3 is 2.62 bits per heavy atom. The normalized spacial score (nSPS) is 17.6. The van der Waals surface area contributed by atoms with E-state index in [1.54, 1.807) is 41.2 Å². The maximum Gasteiger partial charge on any atom is 0.322 e. The molecule has 0 radical (unpaired) electrons. The first kappa shape index (κ1) is 23.7. The molecule has 3 amide bonds. The van der Waals surface area contributed by atoms with Gasteiger partial charge in [0, 0.05) is 48.7 Å². The molecule has 1 saturated heterocycles. The van der Waals surface area contributed by atoms with E-state index in [4.69, 9.17) is 16.3 Å². The third-order valence-electron chi connectivity index (χ3n) is 5.79. The number of rotatable bonds is 6. The summed E-state index contributed by atoms with van der Waals surface area (Å²) in [5.41, 5.74) is 2.07. The summed E-state index contributed by atoms with van der Waals surface area (Å²) in [5, 5.41) is 10.1. The highest BCUT2D eigenvalue weighted by Crippen LogP contribution is 2.25. The van der Waals surface area contributed by atoms with E-state index in [1.807, 2.05) is 13.0 Å². The number of hydrogen-bond acceptors (Lipinski definition) is 4. The highest BCUT2D eigenvalue weighted by atomic mass is 35.5. The predicted molar refractivity (Wildman–Crippen MR) is 128 cm³/mol. The van der Waals surface area contributed by atoms with Crippen molar-refractivity contribution in [2.75, 3.05) is 24.3 Å². The minimum Gasteiger partial charge on any atom is -0.380 e. The van der Waals surface area contributed by atoms with Crippen molar-refractivity contribution in [3.63, 3.8) is 0 Å². The van der Waals surface area contributed by atoms with Crippen LogP contribution in [0.15, 0.2) is 54.7 Å². The number of methoxy groups -OCH3 is 1. The van der Waals surface area contributed by atoms with Gasteiger partial charge >= 0.3 is 6.03 Å². The van der Waals surface area contributed by atoms with Crippen LogP contribution in [0.2, 0.25) is 5.02 Å². The second kappa shape index (κ2) is 10.2. The topological polar surface area (TPSA) is 88.5 Å². The Morgan fingerprint density at radius 2 is 1.94 bits per heavy atom. The van der Waals surface area contributed by atoms with Gasteiger partial charge in [-0.15, -0.1) is 0 Å². The number of likely N-dealkylation sites (tertiary alicyclic amines) is 1. The highest BCUT2D eigenvalue weighted by Gasteiger charge is 2.40. The van der Waals surface area contributed by atoms with Crippen molar-refractivity contribution < 1.29 is 18.7 Å². The van der Waals surface area contributed by atoms with E-state index in [0.717, 1.165) is 12.1 Å². The second-order valence-electron chi connectivity index (χ2n) is 7.94. The third kappa shape index (κ3) is 5.05. The first-order chi connectivity index (χ1) is 16.4. The van der Waals surface area contributed by atoms with E-state index < -0.39 is 23.8 Å². The van der Waals surface area contributed by atoms with Crippen molar-refractivity contribution in [2.24, 2.45) is 0 Å². The van der Waals surface area contributed by atoms with Gasteiger partial charge in [-0.05, 0) is 48.9 Å². The summed E-state index contributed by atoms with van der Waals surface area (Å²) in [7, 11) is 1.53. The zero-order chi connectivity index (χ0) is 24.2. The maximum absolute atomic E-state index is 14.9. The van der Waals surface area contributed by atoms with E-state index in [2.05, 4.69) is 15.7 Å². The number of aryl methyl sites for hydroxylation is 1. The quantitative estimate of drug-likeness (QED) is 0.538. The average Bonchev–Trinajstić information content (AvgIpc) is 3.49. The van der Waals surface area contributed by atoms with Crippen molar-refractivity contribution >= 4 is 34.9 Å². The fourth-order valence-electron chi connectivity index (χ4n) is 3.95. The molecule has 1 aromatic heterocycles. The third-order valence-corrected chi connectivity index (χ3v) is 6.05. The Morgan fingerprint density at radius 1 is 1.18 bits per heavy atom. The Bertz CT molecular complexity index is 1180. The van der Waals surface area contributed by atoms with Crippen LogP contribution >= 0.6 is 11.6 Å². The summed E-state index contributed by atoms with van der Waals surface area (Å²) in [6.07, 6.45) is 2.38. The number of halogens is 2. The van der Waals surface area contributed by atoms with Gasteiger partial charge in [0.05, 0.1) is 17.5 Å². The number of urea groups is 1. The molecule has 2 atom stereocenters. The standard InChI is InChI=1S/C24H25ClFN5O3/c1-3-17-10-11-27-31(17)18-8-9-21(20(26)12-18)29-23(32)22-13-19(34-2)14-30(22)24(33)28-16-6-4-15(25)5-7-16/h4-12,19,22H,3,13-14H2,1-2H3,(H,28,33)(H,29,32)/t19-,22-/m1/s1. The molecule has 178 valence electrons. The Labute approximate surface area is 201 Å². The fourth-order valence-corrected chi connectivity index (χ4v) is 4.08. The first-order valence-corrected chi connectivity index (χ1v) is 11.3. The monoisotopic (exact) mass is 485 g/mol. The molecule has 0 saturated carbocycles. The molecule has 0 spiro atoms. The number of amides is 3. The summed E-state index contributed by atoms with van der Waals surface area (Å²) in [6, 6.07) is 11.7. The molecule has 2 heterocycles. The van der Waals surface area contributed by atoms with E-state index >= 15 is 0 Å². The molecule has 0 aliphatic carbocycles. The summed E-state index contributed by atoms with van der Waals surface area (Å²) < 4.78 is 21.9. The van der Waals surface area contributed by atoms with Crippen LogP contribution in [-0.4, -0.2) is 52.4 Å². The molecular formula is C24H25ClFN5O3. The van der Waals surface area contributed by atoms with Gasteiger partial charge in [0.2, 0.25) is 5.91 Å². The molecule has 4 rings (SSSR count). The lowest BCUT2D eigenvalue weighted by Crippen LogP contribution is -2.45. The minimum atomic E-state index is -0.825. The molecule has 1 fully saturated rings. The van der Waals surface area contributed by atoms with Crippen molar-refractivity contribution in [3.05, 3.63) is 71.3 Å². The lowest BCUT2D eigenvalue weighted by atomic mass is 10.1. The molecule has 8 nitrogen and oxygen atoms in total. The lowest BCUT2D eigenvalue weighted by molar-refractivity contribution is -0.119. The molecule has 10 heteroatoms. The van der Waals surface area contributed by atoms with Gasteiger partial charge in [-0.25, -0.2) is 13.9 Å². The number of ether oxygens (including phenoxy) is 1. The van der Waals surface area contributed by atoms with E-state index in [1.165, 1.54) is 24.1 Å². The molecule has 1 aliphatic rings. The number of anilines is 2. The summed E-state index contributed by atoms with van der Waals surface area (Å²) >= 11 is 5.89. The maximum atomic E-state index is 14.9. The molecule has 34 heavy (non-hydrogen) atoms. The van der Waals surface area contributed by atoms with Crippen molar-refractivity contribution in [2.45, 2.75) is 31.9 Å². The van der Waals surface area contributed by atoms with Crippen LogP contribution in [0.5, 0.6) is 0 Å². The van der Waals surface area contributed by atoms with Gasteiger partial charge in [0.15, 0.2) is 0 Å². The average molecular weight is 486 g/mol.